The number of imidazole rings is 1. The zero-order chi connectivity index (χ0) is 24.0. The molecule has 0 unspecified atom stereocenters. The number of halogens is 1. The molecular weight excluding hydrogens is 514 g/mol. The van der Waals surface area contributed by atoms with E-state index in [1.54, 1.807) is 24.5 Å². The third kappa shape index (κ3) is 4.02. The summed E-state index contributed by atoms with van der Waals surface area (Å²) in [6.07, 6.45) is 0.0933. The molecule has 5 heterocycles. The van der Waals surface area contributed by atoms with E-state index in [2.05, 4.69) is 47.1 Å². The summed E-state index contributed by atoms with van der Waals surface area (Å²) in [6.45, 7) is 5.86. The summed E-state index contributed by atoms with van der Waals surface area (Å²) in [4.78, 5) is 37.8. The minimum atomic E-state index is -0.884. The van der Waals surface area contributed by atoms with Gasteiger partial charge in [0.25, 0.3) is 5.91 Å². The van der Waals surface area contributed by atoms with Gasteiger partial charge in [0.2, 0.25) is 0 Å². The molecule has 34 heavy (non-hydrogen) atoms. The van der Waals surface area contributed by atoms with Gasteiger partial charge in [0.1, 0.15) is 18.5 Å². The first kappa shape index (κ1) is 22.7. The Hall–Kier alpha value is -3.07. The first-order chi connectivity index (χ1) is 16.3. The second kappa shape index (κ2) is 8.61. The van der Waals surface area contributed by atoms with E-state index < -0.39 is 36.2 Å². The quantitative estimate of drug-likeness (QED) is 0.395. The van der Waals surface area contributed by atoms with Crippen LogP contribution >= 0.6 is 15.9 Å². The summed E-state index contributed by atoms with van der Waals surface area (Å²) < 4.78 is 25.5. The number of nitrogens with one attached hydrogen (secondary N) is 3. The van der Waals surface area contributed by atoms with Crippen LogP contribution in [0.1, 0.15) is 37.6 Å². The number of hydrazine groups is 1. The van der Waals surface area contributed by atoms with E-state index in [-0.39, 0.29) is 17.5 Å². The Morgan fingerprint density at radius 1 is 1.18 bits per heavy atom. The molecule has 13 nitrogen and oxygen atoms in total. The van der Waals surface area contributed by atoms with E-state index in [1.807, 2.05) is 6.92 Å². The van der Waals surface area contributed by atoms with E-state index in [9.17, 15) is 9.59 Å². The number of carbonyl (C=O) groups is 2. The number of fused-ring (bicyclic) bond motifs is 2. The van der Waals surface area contributed by atoms with E-state index >= 15 is 0 Å². The van der Waals surface area contributed by atoms with Gasteiger partial charge < -0.3 is 23.9 Å². The van der Waals surface area contributed by atoms with Crippen LogP contribution in [-0.2, 0) is 19.0 Å². The highest BCUT2D eigenvalue weighted by atomic mass is 79.9. The van der Waals surface area contributed by atoms with Crippen molar-refractivity contribution >= 4 is 44.7 Å². The lowest BCUT2D eigenvalue weighted by Gasteiger charge is -2.24. The standard InChI is InChI=1S/C20H22BrN7O6/c1-4-22-18(30)13-12-14(34-20(2,3)33-12)19(32-13)28-8-25-11-15(23-7-24-16(11)28)26-27-17(29)9-5-6-10(21)31-9/h5-8,12-14,19H,4H2,1-3H3,(H,22,30)(H,27,29)(H,23,24,26)/t12-,13+,14-,19-/m1/s1. The molecule has 0 aliphatic carbocycles. The summed E-state index contributed by atoms with van der Waals surface area (Å²) >= 11 is 3.16. The second-order valence-corrected chi connectivity index (χ2v) is 8.92. The third-order valence-corrected chi connectivity index (χ3v) is 5.79. The van der Waals surface area contributed by atoms with E-state index in [0.717, 1.165) is 0 Å². The third-order valence-electron chi connectivity index (χ3n) is 5.36. The molecule has 3 aromatic rings. The number of aromatic nitrogens is 4. The molecule has 2 aliphatic heterocycles. The molecule has 0 saturated carbocycles. The van der Waals surface area contributed by atoms with Crippen molar-refractivity contribution < 1.29 is 28.2 Å². The number of rotatable bonds is 6. The SMILES string of the molecule is CCNC(=O)[C@H]1O[C@@H](n2cnc3c(NNC(=O)c4ccc(Br)o4)ncnc32)[C@@H]2OC(C)(C)O[C@@H]21. The fourth-order valence-corrected chi connectivity index (χ4v) is 4.34. The lowest BCUT2D eigenvalue weighted by atomic mass is 10.1. The predicted molar refractivity (Wildman–Crippen MR) is 119 cm³/mol. The molecule has 14 heteroatoms. The van der Waals surface area contributed by atoms with Crippen molar-refractivity contribution in [2.45, 2.75) is 51.1 Å². The van der Waals surface area contributed by atoms with Crippen molar-refractivity contribution in [3.8, 4) is 0 Å². The fraction of sp³-hybridized carbons (Fsp3) is 0.450. The van der Waals surface area contributed by atoms with E-state index in [4.69, 9.17) is 18.6 Å². The van der Waals surface area contributed by atoms with Crippen LogP contribution in [0.25, 0.3) is 11.2 Å². The van der Waals surface area contributed by atoms with Crippen LogP contribution in [0.4, 0.5) is 5.82 Å². The molecule has 0 radical (unpaired) electrons. The monoisotopic (exact) mass is 535 g/mol. The Morgan fingerprint density at radius 2 is 1.97 bits per heavy atom. The molecule has 0 bridgehead atoms. The van der Waals surface area contributed by atoms with Crippen LogP contribution in [0, 0.1) is 0 Å². The smallest absolute Gasteiger partial charge is 0.305 e. The lowest BCUT2D eigenvalue weighted by Crippen LogP contribution is -2.42. The second-order valence-electron chi connectivity index (χ2n) is 8.14. The largest absolute Gasteiger partial charge is 0.444 e. The first-order valence-corrected chi connectivity index (χ1v) is 11.3. The van der Waals surface area contributed by atoms with Gasteiger partial charge in [-0.1, -0.05) is 0 Å². The van der Waals surface area contributed by atoms with Gasteiger partial charge in [-0.25, -0.2) is 15.0 Å². The van der Waals surface area contributed by atoms with Crippen molar-refractivity contribution in [3.63, 3.8) is 0 Å². The summed E-state index contributed by atoms with van der Waals surface area (Å²) in [5.41, 5.74) is 6.05. The van der Waals surface area contributed by atoms with Crippen molar-refractivity contribution in [3.05, 3.63) is 35.2 Å². The molecule has 4 atom stereocenters. The average Bonchev–Trinajstić information content (AvgIpc) is 3.54. The van der Waals surface area contributed by atoms with Gasteiger partial charge >= 0.3 is 5.91 Å². The van der Waals surface area contributed by atoms with Crippen molar-refractivity contribution in [2.24, 2.45) is 0 Å². The molecule has 2 amide bonds. The van der Waals surface area contributed by atoms with Crippen LogP contribution in [0.15, 0.2) is 33.9 Å². The van der Waals surface area contributed by atoms with Crippen molar-refractivity contribution in [1.29, 1.82) is 0 Å². The van der Waals surface area contributed by atoms with Crippen LogP contribution in [0.2, 0.25) is 0 Å². The van der Waals surface area contributed by atoms with Gasteiger partial charge in [-0.2, -0.15) is 0 Å². The summed E-state index contributed by atoms with van der Waals surface area (Å²) in [5.74, 6) is -1.29. The lowest BCUT2D eigenvalue weighted by molar-refractivity contribution is -0.197. The number of hydrogen-bond donors (Lipinski definition) is 3. The van der Waals surface area contributed by atoms with Gasteiger partial charge in [0.15, 0.2) is 45.5 Å². The van der Waals surface area contributed by atoms with Gasteiger partial charge in [-0.05, 0) is 48.8 Å². The minimum Gasteiger partial charge on any atom is -0.444 e. The zero-order valence-electron chi connectivity index (χ0n) is 18.4. The van der Waals surface area contributed by atoms with Gasteiger partial charge in [0.05, 0.1) is 6.33 Å². The minimum absolute atomic E-state index is 0.109. The van der Waals surface area contributed by atoms with E-state index in [0.29, 0.717) is 22.4 Å². The summed E-state index contributed by atoms with van der Waals surface area (Å²) in [7, 11) is 0. The highest BCUT2D eigenvalue weighted by Gasteiger charge is 2.58. The Balaban J connectivity index is 1.41. The fourth-order valence-electron chi connectivity index (χ4n) is 4.03. The Kier molecular flexibility index (Phi) is 5.75. The number of anilines is 1. The van der Waals surface area contributed by atoms with Crippen molar-refractivity contribution in [2.75, 3.05) is 12.0 Å². The van der Waals surface area contributed by atoms with Crippen LogP contribution in [-0.4, -0.2) is 62.0 Å². The highest BCUT2D eigenvalue weighted by molar-refractivity contribution is 9.10. The molecule has 2 aliphatic rings. The molecule has 180 valence electrons. The molecule has 3 N–H and O–H groups in total. The van der Waals surface area contributed by atoms with Crippen LogP contribution in [0.5, 0.6) is 0 Å². The first-order valence-electron chi connectivity index (χ1n) is 10.6. The number of likely N-dealkylation sites (N-methyl/N-ethyl adjacent to an activating group) is 1. The maximum atomic E-state index is 12.6. The summed E-state index contributed by atoms with van der Waals surface area (Å²) in [5, 5.41) is 2.77. The van der Waals surface area contributed by atoms with E-state index in [1.165, 1.54) is 18.7 Å². The zero-order valence-corrected chi connectivity index (χ0v) is 20.0. The van der Waals surface area contributed by atoms with Gasteiger partial charge in [-0.3, -0.25) is 25.0 Å². The van der Waals surface area contributed by atoms with Gasteiger partial charge in [0, 0.05) is 6.54 Å². The Morgan fingerprint density at radius 3 is 2.71 bits per heavy atom. The van der Waals surface area contributed by atoms with Crippen LogP contribution < -0.4 is 16.2 Å². The molecule has 2 fully saturated rings. The molecule has 3 aromatic heterocycles. The van der Waals surface area contributed by atoms with Crippen molar-refractivity contribution in [1.82, 2.24) is 30.3 Å². The van der Waals surface area contributed by atoms with Crippen LogP contribution in [0.3, 0.4) is 0 Å². The molecule has 0 spiro atoms. The Labute approximate surface area is 201 Å². The number of ether oxygens (including phenoxy) is 3. The number of amides is 2. The summed E-state index contributed by atoms with van der Waals surface area (Å²) in [6, 6.07) is 3.13. The average molecular weight is 536 g/mol. The topological polar surface area (TPSA) is 155 Å². The molecule has 0 aromatic carbocycles. The number of hydrogen-bond acceptors (Lipinski definition) is 10. The predicted octanol–water partition coefficient (Wildman–Crippen LogP) is 1.49. The maximum Gasteiger partial charge on any atom is 0.305 e. The molecule has 5 rings (SSSR count). The molecule has 2 saturated heterocycles. The number of furan rings is 1. The molecular formula is C20H22BrN7O6. The Bertz CT molecular complexity index is 1240. The number of carbonyl (C=O) groups excluding carboxylic acids is 2. The maximum absolute atomic E-state index is 12.6. The number of nitrogens with zero attached hydrogens (tertiary/aromatic N) is 4. The normalized spacial score (nSPS) is 25.3. The van der Waals surface area contributed by atoms with Gasteiger partial charge in [-0.15, -0.1) is 0 Å². The highest BCUT2D eigenvalue weighted by Crippen LogP contribution is 2.43.